The Bertz CT molecular complexity index is 1100. The van der Waals surface area contributed by atoms with Crippen LogP contribution in [-0.4, -0.2) is 16.6 Å². The first-order valence-electron chi connectivity index (χ1n) is 8.95. The molecule has 0 radical (unpaired) electrons. The number of pyridine rings is 1. The number of para-hydroxylation sites is 1. The van der Waals surface area contributed by atoms with Crippen molar-refractivity contribution in [3.05, 3.63) is 84.6 Å². The van der Waals surface area contributed by atoms with Gasteiger partial charge in [0.15, 0.2) is 0 Å². The van der Waals surface area contributed by atoms with Crippen LogP contribution in [0.25, 0.3) is 21.7 Å². The van der Waals surface area contributed by atoms with Gasteiger partial charge < -0.3 is 5.32 Å². The maximum Gasteiger partial charge on any atom is 0.230 e. The van der Waals surface area contributed by atoms with Gasteiger partial charge in [0.2, 0.25) is 5.91 Å². The van der Waals surface area contributed by atoms with Crippen LogP contribution in [0.1, 0.15) is 18.5 Å². The Morgan fingerprint density at radius 2 is 1.78 bits per heavy atom. The van der Waals surface area contributed by atoms with Gasteiger partial charge in [0.05, 0.1) is 17.3 Å². The molecule has 27 heavy (non-hydrogen) atoms. The van der Waals surface area contributed by atoms with Gasteiger partial charge in [-0.15, -0.1) is 11.8 Å². The van der Waals surface area contributed by atoms with Gasteiger partial charge in [-0.25, -0.2) is 0 Å². The first kappa shape index (κ1) is 17.6. The Kier molecular flexibility index (Phi) is 5.07. The maximum atomic E-state index is 12.5. The summed E-state index contributed by atoms with van der Waals surface area (Å²) in [4.78, 5) is 17.9. The summed E-state index contributed by atoms with van der Waals surface area (Å²) >= 11 is 1.55. The molecule has 4 rings (SSSR count). The number of carbonyl (C=O) groups excluding carboxylic acids is 1. The molecule has 3 nitrogen and oxygen atoms in total. The predicted molar refractivity (Wildman–Crippen MR) is 113 cm³/mol. The molecular formula is C23H20N2OS. The summed E-state index contributed by atoms with van der Waals surface area (Å²) in [6.45, 7) is 2.02. The second kappa shape index (κ2) is 7.80. The van der Waals surface area contributed by atoms with Crippen molar-refractivity contribution in [3.63, 3.8) is 0 Å². The van der Waals surface area contributed by atoms with Gasteiger partial charge >= 0.3 is 0 Å². The minimum absolute atomic E-state index is 0.0292. The molecule has 134 valence electrons. The van der Waals surface area contributed by atoms with Crippen molar-refractivity contribution in [1.29, 1.82) is 0 Å². The minimum Gasteiger partial charge on any atom is -0.349 e. The molecule has 1 heterocycles. The summed E-state index contributed by atoms with van der Waals surface area (Å²) in [6.07, 6.45) is 1.79. The van der Waals surface area contributed by atoms with Crippen molar-refractivity contribution in [2.45, 2.75) is 17.9 Å². The normalized spacial score (nSPS) is 12.2. The Morgan fingerprint density at radius 1 is 1.00 bits per heavy atom. The zero-order valence-electron chi connectivity index (χ0n) is 15.1. The van der Waals surface area contributed by atoms with Gasteiger partial charge in [0, 0.05) is 16.5 Å². The first-order valence-corrected chi connectivity index (χ1v) is 9.94. The van der Waals surface area contributed by atoms with Crippen LogP contribution in [0.4, 0.5) is 0 Å². The first-order chi connectivity index (χ1) is 13.2. The molecule has 0 fully saturated rings. The molecule has 1 atom stereocenters. The second-order valence-electron chi connectivity index (χ2n) is 6.51. The zero-order valence-corrected chi connectivity index (χ0v) is 15.9. The number of aromatic nitrogens is 1. The van der Waals surface area contributed by atoms with E-state index in [1.54, 1.807) is 18.0 Å². The smallest absolute Gasteiger partial charge is 0.230 e. The molecule has 3 aromatic carbocycles. The van der Waals surface area contributed by atoms with Gasteiger partial charge in [0.1, 0.15) is 0 Å². The van der Waals surface area contributed by atoms with E-state index in [9.17, 15) is 4.79 Å². The van der Waals surface area contributed by atoms with Crippen LogP contribution in [0, 0.1) is 0 Å². The van der Waals surface area contributed by atoms with Gasteiger partial charge in [-0.2, -0.15) is 0 Å². The van der Waals surface area contributed by atoms with E-state index in [0.717, 1.165) is 21.4 Å². The van der Waals surface area contributed by atoms with Crippen molar-refractivity contribution in [3.8, 4) is 0 Å². The quantitative estimate of drug-likeness (QED) is 0.480. The Balaban J connectivity index is 1.42. The number of nitrogens with one attached hydrogen (secondary N) is 1. The zero-order chi connectivity index (χ0) is 18.6. The molecule has 4 aromatic rings. The standard InChI is InChI=1S/C23H20N2OS/c1-16(18-11-10-17-6-2-3-7-19(17)14-18)25-23(26)15-27-22-12-13-24-21-9-5-4-8-20(21)22/h2-14,16H,15H2,1H3,(H,25,26). The van der Waals surface area contributed by atoms with Crippen LogP contribution in [0.5, 0.6) is 0 Å². The van der Waals surface area contributed by atoms with Crippen LogP contribution in [-0.2, 0) is 4.79 Å². The van der Waals surface area contributed by atoms with Crippen LogP contribution >= 0.6 is 11.8 Å². The fraction of sp³-hybridized carbons (Fsp3) is 0.130. The van der Waals surface area contributed by atoms with E-state index in [1.165, 1.54) is 10.8 Å². The van der Waals surface area contributed by atoms with E-state index < -0.39 is 0 Å². The van der Waals surface area contributed by atoms with Crippen LogP contribution < -0.4 is 5.32 Å². The van der Waals surface area contributed by atoms with Gasteiger partial charge in [0.25, 0.3) is 0 Å². The summed E-state index contributed by atoms with van der Waals surface area (Å²) in [5.41, 5.74) is 2.06. The molecule has 0 aliphatic heterocycles. The van der Waals surface area contributed by atoms with Crippen LogP contribution in [0.3, 0.4) is 0 Å². The summed E-state index contributed by atoms with van der Waals surface area (Å²) in [5.74, 6) is 0.410. The highest BCUT2D eigenvalue weighted by atomic mass is 32.2. The largest absolute Gasteiger partial charge is 0.349 e. The van der Waals surface area contributed by atoms with Crippen molar-refractivity contribution >= 4 is 39.3 Å². The molecule has 1 aromatic heterocycles. The van der Waals surface area contributed by atoms with Crippen LogP contribution in [0.2, 0.25) is 0 Å². The lowest BCUT2D eigenvalue weighted by molar-refractivity contribution is -0.119. The monoisotopic (exact) mass is 372 g/mol. The Labute approximate surface area is 162 Å². The fourth-order valence-corrected chi connectivity index (χ4v) is 4.04. The van der Waals surface area contributed by atoms with E-state index in [2.05, 4.69) is 40.6 Å². The number of benzene rings is 3. The summed E-state index contributed by atoms with van der Waals surface area (Å²) < 4.78 is 0. The molecule has 1 amide bonds. The topological polar surface area (TPSA) is 42.0 Å². The lowest BCUT2D eigenvalue weighted by Gasteiger charge is -2.15. The maximum absolute atomic E-state index is 12.5. The highest BCUT2D eigenvalue weighted by Gasteiger charge is 2.11. The molecule has 0 aliphatic rings. The molecule has 1 N–H and O–H groups in total. The number of hydrogen-bond donors (Lipinski definition) is 1. The minimum atomic E-state index is -0.0307. The van der Waals surface area contributed by atoms with Crippen LogP contribution in [0.15, 0.2) is 83.9 Å². The van der Waals surface area contributed by atoms with Crippen molar-refractivity contribution in [1.82, 2.24) is 10.3 Å². The highest BCUT2D eigenvalue weighted by Crippen LogP contribution is 2.26. The molecule has 4 heteroatoms. The third-order valence-corrected chi connectivity index (χ3v) is 5.69. The number of hydrogen-bond acceptors (Lipinski definition) is 3. The fourth-order valence-electron chi connectivity index (χ4n) is 3.18. The van der Waals surface area contributed by atoms with Gasteiger partial charge in [-0.1, -0.05) is 54.6 Å². The van der Waals surface area contributed by atoms with E-state index in [0.29, 0.717) is 5.75 Å². The SMILES string of the molecule is CC(NC(=O)CSc1ccnc2ccccc12)c1ccc2ccccc2c1. The van der Waals surface area contributed by atoms with Gasteiger partial charge in [-0.05, 0) is 41.5 Å². The number of carbonyl (C=O) groups is 1. The van der Waals surface area contributed by atoms with Crippen molar-refractivity contribution in [2.24, 2.45) is 0 Å². The molecule has 0 saturated heterocycles. The van der Waals surface area contributed by atoms with Gasteiger partial charge in [-0.3, -0.25) is 9.78 Å². The third kappa shape index (κ3) is 3.96. The van der Waals surface area contributed by atoms with Crippen molar-refractivity contribution < 1.29 is 4.79 Å². The Morgan fingerprint density at radius 3 is 2.67 bits per heavy atom. The molecule has 0 spiro atoms. The predicted octanol–water partition coefficient (Wildman–Crippen LogP) is 5.36. The molecule has 0 aliphatic carbocycles. The summed E-state index contributed by atoms with van der Waals surface area (Å²) in [6, 6.07) is 24.5. The lowest BCUT2D eigenvalue weighted by atomic mass is 10.0. The molecular weight excluding hydrogens is 352 g/mol. The average Bonchev–Trinajstić information content (AvgIpc) is 2.71. The number of amides is 1. The van der Waals surface area contributed by atoms with E-state index in [4.69, 9.17) is 0 Å². The number of fused-ring (bicyclic) bond motifs is 2. The summed E-state index contributed by atoms with van der Waals surface area (Å²) in [7, 11) is 0. The molecule has 0 bridgehead atoms. The van der Waals surface area contributed by atoms with E-state index in [-0.39, 0.29) is 11.9 Å². The molecule has 0 saturated carbocycles. The van der Waals surface area contributed by atoms with E-state index >= 15 is 0 Å². The number of thioether (sulfide) groups is 1. The van der Waals surface area contributed by atoms with Crippen molar-refractivity contribution in [2.75, 3.05) is 5.75 Å². The number of nitrogens with zero attached hydrogens (tertiary/aromatic N) is 1. The Hall–Kier alpha value is -2.85. The second-order valence-corrected chi connectivity index (χ2v) is 7.53. The highest BCUT2D eigenvalue weighted by molar-refractivity contribution is 8.00. The molecule has 1 unspecified atom stereocenters. The van der Waals surface area contributed by atoms with E-state index in [1.807, 2.05) is 49.4 Å². The lowest BCUT2D eigenvalue weighted by Crippen LogP contribution is -2.28. The number of rotatable bonds is 5. The average molecular weight is 372 g/mol. The third-order valence-electron chi connectivity index (χ3n) is 4.62. The summed E-state index contributed by atoms with van der Waals surface area (Å²) in [5, 5.41) is 6.58.